The van der Waals surface area contributed by atoms with E-state index >= 15 is 0 Å². The van der Waals surface area contributed by atoms with Gasteiger partial charge >= 0.3 is 11.8 Å². The third-order valence-corrected chi connectivity index (χ3v) is 3.83. The van der Waals surface area contributed by atoms with Crippen molar-refractivity contribution >= 4 is 0 Å². The first kappa shape index (κ1) is 14.4. The smallest absolute Gasteiger partial charge is 0.369 e. The minimum atomic E-state index is -4.25. The Labute approximate surface area is 110 Å². The first-order valence-corrected chi connectivity index (χ1v) is 6.72. The Kier molecular flexibility index (Phi) is 3.92. The number of halogens is 4. The van der Waals surface area contributed by atoms with Crippen molar-refractivity contribution in [3.63, 3.8) is 0 Å². The summed E-state index contributed by atoms with van der Waals surface area (Å²) in [5.74, 6) is -9.76. The van der Waals surface area contributed by atoms with E-state index in [1.165, 1.54) is 6.92 Å². The number of alkyl halides is 4. The molecule has 0 amide bonds. The molecule has 0 aliphatic heterocycles. The van der Waals surface area contributed by atoms with Crippen LogP contribution in [0.3, 0.4) is 0 Å². The van der Waals surface area contributed by atoms with E-state index in [0.717, 1.165) is 31.4 Å². The van der Waals surface area contributed by atoms with E-state index in [9.17, 15) is 17.6 Å². The van der Waals surface area contributed by atoms with Crippen LogP contribution in [0.5, 0.6) is 0 Å². The number of allylic oxidation sites excluding steroid dienone is 4. The van der Waals surface area contributed by atoms with Gasteiger partial charge in [0.15, 0.2) is 5.76 Å². The zero-order valence-corrected chi connectivity index (χ0v) is 10.9. The van der Waals surface area contributed by atoms with E-state index in [1.807, 2.05) is 0 Å². The first-order valence-electron chi connectivity index (χ1n) is 6.72. The fourth-order valence-corrected chi connectivity index (χ4v) is 2.81. The highest BCUT2D eigenvalue weighted by Crippen LogP contribution is 2.51. The van der Waals surface area contributed by atoms with Gasteiger partial charge in [0.05, 0.1) is 6.61 Å². The number of rotatable bonds is 3. The fraction of sp³-hybridized carbons (Fsp3) is 0.714. The Balaban J connectivity index is 2.32. The normalized spacial score (nSPS) is 26.6. The Morgan fingerprint density at radius 2 is 1.68 bits per heavy atom. The molecule has 19 heavy (non-hydrogen) atoms. The van der Waals surface area contributed by atoms with Crippen molar-refractivity contribution in [2.75, 3.05) is 6.61 Å². The van der Waals surface area contributed by atoms with Gasteiger partial charge in [0.25, 0.3) is 0 Å². The zero-order valence-electron chi connectivity index (χ0n) is 10.9. The molecule has 0 radical (unpaired) electrons. The highest BCUT2D eigenvalue weighted by Gasteiger charge is 2.64. The summed E-state index contributed by atoms with van der Waals surface area (Å²) in [5.41, 5.74) is -0.430. The van der Waals surface area contributed by atoms with Crippen molar-refractivity contribution in [3.05, 3.63) is 23.5 Å². The van der Waals surface area contributed by atoms with Gasteiger partial charge in [-0.3, -0.25) is 0 Å². The Hall–Kier alpha value is -1.00. The molecule has 5 heteroatoms. The third-order valence-electron chi connectivity index (χ3n) is 3.83. The van der Waals surface area contributed by atoms with Crippen LogP contribution >= 0.6 is 0 Å². The summed E-state index contributed by atoms with van der Waals surface area (Å²) in [6.45, 7) is 1.44. The van der Waals surface area contributed by atoms with E-state index in [4.69, 9.17) is 0 Å². The minimum absolute atomic E-state index is 0.0515. The molecule has 0 spiro atoms. The van der Waals surface area contributed by atoms with Crippen LogP contribution in [-0.4, -0.2) is 18.5 Å². The zero-order chi connectivity index (χ0) is 14.1. The number of ether oxygens (including phenoxy) is 1. The minimum Gasteiger partial charge on any atom is -0.492 e. The lowest BCUT2D eigenvalue weighted by Crippen LogP contribution is -2.47. The van der Waals surface area contributed by atoms with Crippen LogP contribution in [0.1, 0.15) is 39.0 Å². The molecule has 2 aliphatic rings. The average Bonchev–Trinajstić information content (AvgIpc) is 2.37. The second-order valence-electron chi connectivity index (χ2n) is 5.07. The maximum atomic E-state index is 14.1. The van der Waals surface area contributed by atoms with Crippen LogP contribution in [0, 0.1) is 5.92 Å². The van der Waals surface area contributed by atoms with Crippen molar-refractivity contribution in [1.29, 1.82) is 0 Å². The lowest BCUT2D eigenvalue weighted by atomic mass is 9.78. The highest BCUT2D eigenvalue weighted by molar-refractivity contribution is 5.36. The van der Waals surface area contributed by atoms with Crippen LogP contribution in [-0.2, 0) is 4.74 Å². The Bertz CT molecular complexity index is 392. The Morgan fingerprint density at radius 3 is 2.26 bits per heavy atom. The molecule has 2 aliphatic carbocycles. The van der Waals surface area contributed by atoms with E-state index in [2.05, 4.69) is 4.74 Å². The summed E-state index contributed by atoms with van der Waals surface area (Å²) in [7, 11) is 0. The molecule has 0 unspecified atom stereocenters. The van der Waals surface area contributed by atoms with E-state index in [1.54, 1.807) is 0 Å². The maximum absolute atomic E-state index is 14.1. The highest BCUT2D eigenvalue weighted by atomic mass is 19.3. The van der Waals surface area contributed by atoms with Crippen molar-refractivity contribution in [1.82, 2.24) is 0 Å². The monoisotopic (exact) mass is 278 g/mol. The van der Waals surface area contributed by atoms with Gasteiger partial charge in [-0.2, -0.15) is 17.6 Å². The van der Waals surface area contributed by atoms with Crippen molar-refractivity contribution < 1.29 is 22.3 Å². The van der Waals surface area contributed by atoms with Crippen LogP contribution < -0.4 is 0 Å². The molecule has 0 aromatic rings. The van der Waals surface area contributed by atoms with Crippen molar-refractivity contribution in [2.45, 2.75) is 50.9 Å². The van der Waals surface area contributed by atoms with Gasteiger partial charge in [0.2, 0.25) is 0 Å². The van der Waals surface area contributed by atoms with Gasteiger partial charge in [-0.1, -0.05) is 25.3 Å². The second-order valence-corrected chi connectivity index (χ2v) is 5.07. The second kappa shape index (κ2) is 5.17. The van der Waals surface area contributed by atoms with Crippen LogP contribution in [0.25, 0.3) is 0 Å². The Morgan fingerprint density at radius 1 is 1.05 bits per heavy atom. The quantitative estimate of drug-likeness (QED) is 0.680. The van der Waals surface area contributed by atoms with Gasteiger partial charge in [-0.15, -0.1) is 0 Å². The SMILES string of the molecule is CCOC1=CC=C(C2CCCCC2)C(F)(F)C1(F)F. The van der Waals surface area contributed by atoms with Crippen LogP contribution in [0.2, 0.25) is 0 Å². The first-order chi connectivity index (χ1) is 8.91. The molecule has 1 saturated carbocycles. The van der Waals surface area contributed by atoms with Gasteiger partial charge in [0, 0.05) is 5.57 Å². The van der Waals surface area contributed by atoms with Crippen LogP contribution in [0.4, 0.5) is 17.6 Å². The summed E-state index contributed by atoms with van der Waals surface area (Å²) >= 11 is 0. The lowest BCUT2D eigenvalue weighted by molar-refractivity contribution is -0.189. The third kappa shape index (κ3) is 2.39. The number of hydrogen-bond donors (Lipinski definition) is 0. The van der Waals surface area contributed by atoms with Gasteiger partial charge in [-0.25, -0.2) is 0 Å². The maximum Gasteiger partial charge on any atom is 0.369 e. The molecule has 1 nitrogen and oxygen atoms in total. The van der Waals surface area contributed by atoms with Crippen molar-refractivity contribution in [2.24, 2.45) is 5.92 Å². The standard InChI is InChI=1S/C14H18F4O/c1-2-19-12-9-8-11(10-6-4-3-5-7-10)13(15,16)14(12,17)18/h8-10H,2-7H2,1H3. The van der Waals surface area contributed by atoms with Crippen LogP contribution in [0.15, 0.2) is 23.5 Å². The predicted molar refractivity (Wildman–Crippen MR) is 64.3 cm³/mol. The van der Waals surface area contributed by atoms with E-state index in [-0.39, 0.29) is 6.61 Å². The van der Waals surface area contributed by atoms with Gasteiger partial charge in [-0.05, 0) is 31.8 Å². The molecule has 0 aromatic heterocycles. The molecule has 0 bridgehead atoms. The molecular weight excluding hydrogens is 260 g/mol. The average molecular weight is 278 g/mol. The summed E-state index contributed by atoms with van der Waals surface area (Å²) < 4.78 is 60.5. The topological polar surface area (TPSA) is 9.23 Å². The van der Waals surface area contributed by atoms with E-state index < -0.39 is 29.1 Å². The summed E-state index contributed by atoms with van der Waals surface area (Å²) in [6, 6.07) is 0. The summed E-state index contributed by atoms with van der Waals surface area (Å²) in [5, 5.41) is 0. The summed E-state index contributed by atoms with van der Waals surface area (Å²) in [4.78, 5) is 0. The lowest BCUT2D eigenvalue weighted by Gasteiger charge is -2.36. The summed E-state index contributed by atoms with van der Waals surface area (Å²) in [6.07, 6.45) is 5.91. The van der Waals surface area contributed by atoms with Gasteiger partial charge in [0.1, 0.15) is 0 Å². The molecule has 2 rings (SSSR count). The molecule has 0 N–H and O–H groups in total. The fourth-order valence-electron chi connectivity index (χ4n) is 2.81. The molecule has 108 valence electrons. The van der Waals surface area contributed by atoms with Crippen molar-refractivity contribution in [3.8, 4) is 0 Å². The molecule has 1 fully saturated rings. The number of hydrogen-bond acceptors (Lipinski definition) is 1. The molecule has 0 saturated heterocycles. The predicted octanol–water partition coefficient (Wildman–Crippen LogP) is 4.70. The largest absolute Gasteiger partial charge is 0.492 e. The molecule has 0 atom stereocenters. The van der Waals surface area contributed by atoms with Gasteiger partial charge < -0.3 is 4.74 Å². The molecule has 0 heterocycles. The van der Waals surface area contributed by atoms with E-state index in [0.29, 0.717) is 12.8 Å². The molecular formula is C14H18F4O. The molecule has 0 aromatic carbocycles.